The number of cyclic esters (lactones) is 1. The van der Waals surface area contributed by atoms with Crippen LogP contribution in [0.2, 0.25) is 0 Å². The maximum absolute atomic E-state index is 12.4. The van der Waals surface area contributed by atoms with Crippen LogP contribution in [0.15, 0.2) is 43.4 Å². The summed E-state index contributed by atoms with van der Waals surface area (Å²) in [5.41, 5.74) is 3.08. The van der Waals surface area contributed by atoms with Crippen molar-refractivity contribution in [3.63, 3.8) is 0 Å². The first-order chi connectivity index (χ1) is 10.6. The fourth-order valence-corrected chi connectivity index (χ4v) is 4.11. The van der Waals surface area contributed by atoms with Crippen LogP contribution >= 0.6 is 31.9 Å². The molecule has 6 heteroatoms. The maximum Gasteiger partial charge on any atom is 0.337 e. The predicted octanol–water partition coefficient (Wildman–Crippen LogP) is 3.54. The van der Waals surface area contributed by atoms with Crippen LogP contribution in [-0.2, 0) is 14.3 Å². The highest BCUT2D eigenvalue weighted by Gasteiger charge is 2.47. The Kier molecular flexibility index (Phi) is 3.34. The lowest BCUT2D eigenvalue weighted by atomic mass is 9.76. The Morgan fingerprint density at radius 3 is 2.68 bits per heavy atom. The topological polar surface area (TPSA) is 55.7 Å². The molecule has 3 aliphatic rings. The fourth-order valence-electron chi connectivity index (χ4n) is 3.46. The average molecular weight is 425 g/mol. The van der Waals surface area contributed by atoms with E-state index in [0.29, 0.717) is 24.1 Å². The van der Waals surface area contributed by atoms with Crippen LogP contribution in [0.1, 0.15) is 24.3 Å². The summed E-state index contributed by atoms with van der Waals surface area (Å²) in [7, 11) is 0. The molecule has 0 aromatic heterocycles. The molecule has 22 heavy (non-hydrogen) atoms. The molecule has 1 saturated carbocycles. The minimum absolute atomic E-state index is 0.161. The number of carbonyl (C=O) groups excluding carboxylic acids is 2. The highest BCUT2D eigenvalue weighted by molar-refractivity contribution is 9.13. The molecule has 0 radical (unpaired) electrons. The molecule has 0 saturated heterocycles. The number of esters is 1. The number of ketones is 1. The number of halogens is 2. The third kappa shape index (κ3) is 2.04. The number of carbonyl (C=O) groups is 2. The Labute approximate surface area is 143 Å². The van der Waals surface area contributed by atoms with Crippen LogP contribution in [-0.4, -0.2) is 24.1 Å². The van der Waals surface area contributed by atoms with Crippen molar-refractivity contribution in [3.05, 3.63) is 44.0 Å². The van der Waals surface area contributed by atoms with Gasteiger partial charge in [0.05, 0.1) is 17.2 Å². The summed E-state index contributed by atoms with van der Waals surface area (Å²) in [4.78, 5) is 29.1. The Balaban J connectivity index is 1.90. The first kappa shape index (κ1) is 14.3. The van der Waals surface area contributed by atoms with E-state index in [1.807, 2.05) is 18.2 Å². The Morgan fingerprint density at radius 2 is 1.91 bits per heavy atom. The standard InChI is InChI=1S/C16H11Br2NO3/c17-8-2-1-7(5-9(8)18)13-14-10(3-4-12(14)20)19-11-6-22-16(21)15(11)13/h1-2,5,13-14H,3-4,6H2. The van der Waals surface area contributed by atoms with Gasteiger partial charge in [-0.05, 0) is 56.0 Å². The van der Waals surface area contributed by atoms with E-state index in [4.69, 9.17) is 4.74 Å². The first-order valence-corrected chi connectivity index (χ1v) is 8.60. The molecule has 0 N–H and O–H groups in total. The molecule has 1 aliphatic carbocycles. The Hall–Kier alpha value is -1.27. The summed E-state index contributed by atoms with van der Waals surface area (Å²) in [6.07, 6.45) is 1.19. The van der Waals surface area contributed by atoms with Gasteiger partial charge in [-0.2, -0.15) is 0 Å². The van der Waals surface area contributed by atoms with Crippen molar-refractivity contribution in [2.75, 3.05) is 6.61 Å². The zero-order valence-electron chi connectivity index (χ0n) is 11.4. The van der Waals surface area contributed by atoms with Crippen molar-refractivity contribution in [2.24, 2.45) is 10.9 Å². The van der Waals surface area contributed by atoms with Crippen molar-refractivity contribution in [2.45, 2.75) is 18.8 Å². The predicted molar refractivity (Wildman–Crippen MR) is 87.7 cm³/mol. The average Bonchev–Trinajstić information content (AvgIpc) is 3.05. The molecule has 2 unspecified atom stereocenters. The molecule has 0 spiro atoms. The van der Waals surface area contributed by atoms with Gasteiger partial charge < -0.3 is 4.74 Å². The van der Waals surface area contributed by atoms with Crippen LogP contribution in [0.4, 0.5) is 0 Å². The lowest BCUT2D eigenvalue weighted by molar-refractivity contribution is -0.136. The third-order valence-corrected chi connectivity index (χ3v) is 6.31. The number of nitrogens with zero attached hydrogens (tertiary/aromatic N) is 1. The Bertz CT molecular complexity index is 782. The lowest BCUT2D eigenvalue weighted by Gasteiger charge is -2.27. The van der Waals surface area contributed by atoms with E-state index in [2.05, 4.69) is 36.9 Å². The zero-order chi connectivity index (χ0) is 15.4. The zero-order valence-corrected chi connectivity index (χ0v) is 14.6. The number of rotatable bonds is 1. The van der Waals surface area contributed by atoms with Gasteiger partial charge in [-0.15, -0.1) is 0 Å². The molecule has 112 valence electrons. The summed E-state index contributed by atoms with van der Waals surface area (Å²) in [6.45, 7) is 0.215. The molecule has 0 amide bonds. The molecule has 1 aromatic rings. The second-order valence-electron chi connectivity index (χ2n) is 5.63. The van der Waals surface area contributed by atoms with Crippen LogP contribution in [0.5, 0.6) is 0 Å². The summed E-state index contributed by atoms with van der Waals surface area (Å²) in [5.74, 6) is -0.787. The smallest absolute Gasteiger partial charge is 0.337 e. The molecule has 2 atom stereocenters. The van der Waals surface area contributed by atoms with E-state index in [0.717, 1.165) is 20.2 Å². The summed E-state index contributed by atoms with van der Waals surface area (Å²) < 4.78 is 6.98. The van der Waals surface area contributed by atoms with E-state index in [1.54, 1.807) is 0 Å². The van der Waals surface area contributed by atoms with Crippen LogP contribution < -0.4 is 0 Å². The van der Waals surface area contributed by atoms with Crippen molar-refractivity contribution >= 4 is 49.3 Å². The second-order valence-corrected chi connectivity index (χ2v) is 7.34. The molecular weight excluding hydrogens is 414 g/mol. The van der Waals surface area contributed by atoms with Gasteiger partial charge >= 0.3 is 5.97 Å². The number of benzene rings is 1. The monoisotopic (exact) mass is 423 g/mol. The van der Waals surface area contributed by atoms with Crippen LogP contribution in [0, 0.1) is 5.92 Å². The van der Waals surface area contributed by atoms with Gasteiger partial charge in [-0.3, -0.25) is 9.79 Å². The third-order valence-electron chi connectivity index (χ3n) is 4.43. The molecule has 2 aliphatic heterocycles. The largest absolute Gasteiger partial charge is 0.456 e. The number of fused-ring (bicyclic) bond motifs is 1. The van der Waals surface area contributed by atoms with Crippen LogP contribution in [0.3, 0.4) is 0 Å². The lowest BCUT2D eigenvalue weighted by Crippen LogP contribution is -2.29. The van der Waals surface area contributed by atoms with E-state index in [1.165, 1.54) is 0 Å². The first-order valence-electron chi connectivity index (χ1n) is 7.01. The van der Waals surface area contributed by atoms with Crippen molar-refractivity contribution in [3.8, 4) is 0 Å². The molecule has 2 heterocycles. The fraction of sp³-hybridized carbons (Fsp3) is 0.312. The van der Waals surface area contributed by atoms with Gasteiger partial charge in [-0.25, -0.2) is 4.79 Å². The number of Topliss-reactive ketones (excluding diaryl/α,β-unsaturated/α-hetero) is 1. The van der Waals surface area contributed by atoms with Gasteiger partial charge in [0.1, 0.15) is 12.4 Å². The SMILES string of the molecule is O=C1OCC2=C1C(c1ccc(Br)c(Br)c1)C1C(=O)CCC1=N2. The number of hydrogen-bond acceptors (Lipinski definition) is 4. The summed E-state index contributed by atoms with van der Waals surface area (Å²) in [6, 6.07) is 5.83. The number of ether oxygens (including phenoxy) is 1. The maximum atomic E-state index is 12.4. The highest BCUT2D eigenvalue weighted by atomic mass is 79.9. The van der Waals surface area contributed by atoms with Gasteiger partial charge in [0.25, 0.3) is 0 Å². The molecule has 1 aromatic carbocycles. The number of aliphatic imine (C=N–C) groups is 1. The Morgan fingerprint density at radius 1 is 1.09 bits per heavy atom. The van der Waals surface area contributed by atoms with Gasteiger partial charge in [0.15, 0.2) is 0 Å². The van der Waals surface area contributed by atoms with Crippen molar-refractivity contribution in [1.82, 2.24) is 0 Å². The number of hydrogen-bond donors (Lipinski definition) is 0. The minimum Gasteiger partial charge on any atom is -0.456 e. The van der Waals surface area contributed by atoms with Gasteiger partial charge in [0, 0.05) is 27.0 Å². The van der Waals surface area contributed by atoms with E-state index >= 15 is 0 Å². The van der Waals surface area contributed by atoms with Gasteiger partial charge in [0.2, 0.25) is 0 Å². The van der Waals surface area contributed by atoms with Crippen LogP contribution in [0.25, 0.3) is 0 Å². The normalized spacial score (nSPS) is 26.7. The molecule has 1 fully saturated rings. The molecular formula is C16H11Br2NO3. The molecule has 0 bridgehead atoms. The second kappa shape index (κ2) is 5.13. The van der Waals surface area contributed by atoms with E-state index in [-0.39, 0.29) is 30.2 Å². The van der Waals surface area contributed by atoms with E-state index < -0.39 is 0 Å². The minimum atomic E-state index is -0.346. The van der Waals surface area contributed by atoms with Gasteiger partial charge in [-0.1, -0.05) is 6.07 Å². The highest BCUT2D eigenvalue weighted by Crippen LogP contribution is 2.46. The summed E-state index contributed by atoms with van der Waals surface area (Å²) in [5, 5.41) is 0. The van der Waals surface area contributed by atoms with Crippen molar-refractivity contribution in [1.29, 1.82) is 0 Å². The summed E-state index contributed by atoms with van der Waals surface area (Å²) >= 11 is 6.94. The molecule has 4 rings (SSSR count). The van der Waals surface area contributed by atoms with Crippen molar-refractivity contribution < 1.29 is 14.3 Å². The quantitative estimate of drug-likeness (QED) is 0.648. The molecule has 4 nitrogen and oxygen atoms in total. The van der Waals surface area contributed by atoms with E-state index in [9.17, 15) is 9.59 Å².